The normalized spacial score (nSPS) is 12.3. The van der Waals surface area contributed by atoms with E-state index in [1.165, 1.54) is 13.3 Å². The predicted octanol–water partition coefficient (Wildman–Crippen LogP) is 2.29. The van der Waals surface area contributed by atoms with Gasteiger partial charge in [-0.1, -0.05) is 0 Å². The summed E-state index contributed by atoms with van der Waals surface area (Å²) in [5.74, 6) is 0. The zero-order valence-electron chi connectivity index (χ0n) is 7.18. The lowest BCUT2D eigenvalue weighted by Gasteiger charge is -2.06. The molecule has 3 nitrogen and oxygen atoms in total. The number of imidazole rings is 1. The van der Waals surface area contributed by atoms with Crippen LogP contribution in [-0.4, -0.2) is 15.0 Å². The number of aromatic amines is 1. The summed E-state index contributed by atoms with van der Waals surface area (Å²) in [5, 5.41) is 0. The van der Waals surface area contributed by atoms with Crippen LogP contribution in [0.4, 0.5) is 13.2 Å². The maximum absolute atomic E-state index is 12.3. The van der Waals surface area contributed by atoms with Crippen molar-refractivity contribution in [1.29, 1.82) is 0 Å². The molecule has 2 heterocycles. The summed E-state index contributed by atoms with van der Waals surface area (Å²) in [7, 11) is 0. The second-order valence-corrected chi connectivity index (χ2v) is 2.89. The summed E-state index contributed by atoms with van der Waals surface area (Å²) in [6.07, 6.45) is -3.07. The molecular formula is C8H6F3N3. The Morgan fingerprint density at radius 1 is 1.36 bits per heavy atom. The van der Waals surface area contributed by atoms with Gasteiger partial charge in [0.05, 0.1) is 17.5 Å². The molecule has 0 unspecified atom stereocenters. The molecule has 2 aromatic heterocycles. The first-order chi connectivity index (χ1) is 6.48. The molecule has 2 rings (SSSR count). The molecule has 14 heavy (non-hydrogen) atoms. The van der Waals surface area contributed by atoms with Crippen molar-refractivity contribution in [1.82, 2.24) is 15.0 Å². The highest BCUT2D eigenvalue weighted by Crippen LogP contribution is 2.29. The molecule has 0 amide bonds. The van der Waals surface area contributed by atoms with Crippen LogP contribution in [0.15, 0.2) is 12.4 Å². The van der Waals surface area contributed by atoms with Crippen molar-refractivity contribution in [3.63, 3.8) is 0 Å². The van der Waals surface area contributed by atoms with Crippen LogP contribution in [0, 0.1) is 6.92 Å². The molecule has 2 aromatic rings. The molecule has 0 aliphatic carbocycles. The van der Waals surface area contributed by atoms with Gasteiger partial charge in [-0.25, -0.2) is 9.97 Å². The Bertz CT molecular complexity index is 472. The fraction of sp³-hybridized carbons (Fsp3) is 0.250. The van der Waals surface area contributed by atoms with Crippen molar-refractivity contribution in [3.05, 3.63) is 23.8 Å². The van der Waals surface area contributed by atoms with Crippen LogP contribution in [0.1, 0.15) is 11.4 Å². The van der Waals surface area contributed by atoms with E-state index >= 15 is 0 Å². The minimum absolute atomic E-state index is 0.274. The Morgan fingerprint density at radius 3 is 2.71 bits per heavy atom. The lowest BCUT2D eigenvalue weighted by atomic mass is 10.2. The zero-order valence-corrected chi connectivity index (χ0v) is 7.18. The monoisotopic (exact) mass is 201 g/mol. The van der Waals surface area contributed by atoms with E-state index in [0.29, 0.717) is 11.0 Å². The molecule has 0 atom stereocenters. The topological polar surface area (TPSA) is 41.6 Å². The fourth-order valence-electron chi connectivity index (χ4n) is 1.25. The molecular weight excluding hydrogens is 195 g/mol. The number of hydrogen-bond donors (Lipinski definition) is 1. The molecule has 0 bridgehead atoms. The summed E-state index contributed by atoms with van der Waals surface area (Å²) >= 11 is 0. The van der Waals surface area contributed by atoms with Crippen LogP contribution in [0.5, 0.6) is 0 Å². The number of hydrogen-bond acceptors (Lipinski definition) is 2. The standard InChI is InChI=1S/C8H6F3N3/c1-4-7-5(12-3-13-7)2-6(14-4)8(9,10)11/h2-3H,1H3,(H,12,13). The summed E-state index contributed by atoms with van der Waals surface area (Å²) in [6.45, 7) is 1.50. The molecule has 0 fully saturated rings. The highest BCUT2D eigenvalue weighted by Gasteiger charge is 2.33. The average Bonchev–Trinajstić information content (AvgIpc) is 2.50. The lowest BCUT2D eigenvalue weighted by molar-refractivity contribution is -0.141. The third-order valence-corrected chi connectivity index (χ3v) is 1.87. The van der Waals surface area contributed by atoms with Gasteiger partial charge in [0.1, 0.15) is 11.2 Å². The Kier molecular flexibility index (Phi) is 1.73. The van der Waals surface area contributed by atoms with E-state index in [9.17, 15) is 13.2 Å². The van der Waals surface area contributed by atoms with Gasteiger partial charge in [0.25, 0.3) is 0 Å². The number of aromatic nitrogens is 3. The number of halogens is 3. The third kappa shape index (κ3) is 1.32. The smallest absolute Gasteiger partial charge is 0.344 e. The van der Waals surface area contributed by atoms with Gasteiger partial charge >= 0.3 is 6.18 Å². The number of pyridine rings is 1. The van der Waals surface area contributed by atoms with Gasteiger partial charge in [-0.05, 0) is 13.0 Å². The van der Waals surface area contributed by atoms with Crippen molar-refractivity contribution in [3.8, 4) is 0 Å². The summed E-state index contributed by atoms with van der Waals surface area (Å²) in [4.78, 5) is 9.92. The minimum Gasteiger partial charge on any atom is -0.344 e. The van der Waals surface area contributed by atoms with Crippen molar-refractivity contribution < 1.29 is 13.2 Å². The summed E-state index contributed by atoms with van der Waals surface area (Å²) in [6, 6.07) is 0.954. The SMILES string of the molecule is Cc1nc(C(F)(F)F)cc2[nH]cnc12. The number of alkyl halides is 3. The number of nitrogens with zero attached hydrogens (tertiary/aromatic N) is 2. The molecule has 1 N–H and O–H groups in total. The zero-order chi connectivity index (χ0) is 10.3. The van der Waals surface area contributed by atoms with Crippen molar-refractivity contribution in [2.75, 3.05) is 0 Å². The molecule has 0 saturated heterocycles. The number of nitrogens with one attached hydrogen (secondary N) is 1. The molecule has 0 saturated carbocycles. The number of H-pyrrole nitrogens is 1. The van der Waals surface area contributed by atoms with Gasteiger partial charge in [0.2, 0.25) is 0 Å². The second-order valence-electron chi connectivity index (χ2n) is 2.89. The minimum atomic E-state index is -4.41. The van der Waals surface area contributed by atoms with E-state index in [2.05, 4.69) is 15.0 Å². The van der Waals surface area contributed by atoms with Crippen molar-refractivity contribution >= 4 is 11.0 Å². The summed E-state index contributed by atoms with van der Waals surface area (Å²) < 4.78 is 36.9. The van der Waals surface area contributed by atoms with Crippen LogP contribution in [0.3, 0.4) is 0 Å². The third-order valence-electron chi connectivity index (χ3n) is 1.87. The lowest BCUT2D eigenvalue weighted by Crippen LogP contribution is -2.08. The van der Waals surface area contributed by atoms with Gasteiger partial charge in [-0.3, -0.25) is 0 Å². The maximum atomic E-state index is 12.3. The Labute approximate surface area is 77.0 Å². The molecule has 0 aliphatic rings. The van der Waals surface area contributed by atoms with E-state index in [4.69, 9.17) is 0 Å². The van der Waals surface area contributed by atoms with E-state index in [0.717, 1.165) is 6.07 Å². The average molecular weight is 201 g/mol. The molecule has 0 spiro atoms. The number of fused-ring (bicyclic) bond motifs is 1. The van der Waals surface area contributed by atoms with Crippen molar-refractivity contribution in [2.24, 2.45) is 0 Å². The van der Waals surface area contributed by atoms with Crippen LogP contribution in [0.2, 0.25) is 0 Å². The van der Waals surface area contributed by atoms with E-state index < -0.39 is 11.9 Å². The second kappa shape index (κ2) is 2.70. The first kappa shape index (κ1) is 8.98. The van der Waals surface area contributed by atoms with Crippen LogP contribution in [0.25, 0.3) is 11.0 Å². The van der Waals surface area contributed by atoms with Crippen LogP contribution >= 0.6 is 0 Å². The van der Waals surface area contributed by atoms with E-state index in [1.54, 1.807) is 0 Å². The Balaban J connectivity index is 2.70. The quantitative estimate of drug-likeness (QED) is 0.710. The molecule has 6 heteroatoms. The molecule has 74 valence electrons. The van der Waals surface area contributed by atoms with Crippen LogP contribution < -0.4 is 0 Å². The summed E-state index contributed by atoms with van der Waals surface area (Å²) in [5.41, 5.74) is 0.200. The first-order valence-corrected chi connectivity index (χ1v) is 3.86. The maximum Gasteiger partial charge on any atom is 0.433 e. The van der Waals surface area contributed by atoms with Crippen LogP contribution in [-0.2, 0) is 6.18 Å². The predicted molar refractivity (Wildman–Crippen MR) is 43.6 cm³/mol. The van der Waals surface area contributed by atoms with Gasteiger partial charge in [-0.15, -0.1) is 0 Å². The molecule has 0 radical (unpaired) electrons. The van der Waals surface area contributed by atoms with Gasteiger partial charge in [0.15, 0.2) is 0 Å². The fourth-order valence-corrected chi connectivity index (χ4v) is 1.25. The molecule has 0 aliphatic heterocycles. The van der Waals surface area contributed by atoms with E-state index in [-0.39, 0.29) is 5.69 Å². The highest BCUT2D eigenvalue weighted by molar-refractivity contribution is 5.76. The number of rotatable bonds is 0. The number of aryl methyl sites for hydroxylation is 1. The molecule has 0 aromatic carbocycles. The Morgan fingerprint density at radius 2 is 2.07 bits per heavy atom. The van der Waals surface area contributed by atoms with Gasteiger partial charge in [0, 0.05) is 0 Å². The van der Waals surface area contributed by atoms with E-state index in [1.807, 2.05) is 0 Å². The largest absolute Gasteiger partial charge is 0.433 e. The first-order valence-electron chi connectivity index (χ1n) is 3.86. The van der Waals surface area contributed by atoms with Gasteiger partial charge in [-0.2, -0.15) is 13.2 Å². The Hall–Kier alpha value is -1.59. The van der Waals surface area contributed by atoms with Crippen molar-refractivity contribution in [2.45, 2.75) is 13.1 Å². The van der Waals surface area contributed by atoms with Gasteiger partial charge < -0.3 is 4.98 Å². The highest BCUT2D eigenvalue weighted by atomic mass is 19.4.